The molecule has 1 saturated heterocycles. The molecule has 1 unspecified atom stereocenters. The maximum absolute atomic E-state index is 5.94. The van der Waals surface area contributed by atoms with Gasteiger partial charge in [-0.15, -0.1) is 0 Å². The summed E-state index contributed by atoms with van der Waals surface area (Å²) >= 11 is 0. The molecule has 19 heavy (non-hydrogen) atoms. The highest BCUT2D eigenvalue weighted by Crippen LogP contribution is 2.11. The lowest BCUT2D eigenvalue weighted by Gasteiger charge is -2.28. The Labute approximate surface area is 120 Å². The quantitative estimate of drug-likeness (QED) is 0.585. The van der Waals surface area contributed by atoms with E-state index in [0.29, 0.717) is 6.04 Å². The summed E-state index contributed by atoms with van der Waals surface area (Å²) in [6, 6.07) is 0.587. The first kappa shape index (κ1) is 16.9. The molecule has 0 bridgehead atoms. The molecule has 0 aromatic carbocycles. The normalized spacial score (nSPS) is 18.3. The van der Waals surface area contributed by atoms with Gasteiger partial charge < -0.3 is 15.5 Å². The van der Waals surface area contributed by atoms with Gasteiger partial charge in [-0.25, -0.2) is 0 Å². The topological polar surface area (TPSA) is 32.5 Å². The summed E-state index contributed by atoms with van der Waals surface area (Å²) in [5.41, 5.74) is 5.94. The molecule has 0 amide bonds. The van der Waals surface area contributed by atoms with Gasteiger partial charge in [0.2, 0.25) is 0 Å². The molecule has 2 N–H and O–H groups in total. The summed E-state index contributed by atoms with van der Waals surface area (Å²) in [5, 5.41) is 0. The largest absolute Gasteiger partial charge is 0.329 e. The van der Waals surface area contributed by atoms with E-state index in [2.05, 4.69) is 23.8 Å². The van der Waals surface area contributed by atoms with E-state index < -0.39 is 0 Å². The molecule has 0 radical (unpaired) electrons. The van der Waals surface area contributed by atoms with Crippen LogP contribution in [0, 0.1) is 0 Å². The van der Waals surface area contributed by atoms with Crippen LogP contribution in [0.4, 0.5) is 0 Å². The second-order valence-corrected chi connectivity index (χ2v) is 6.12. The molecular weight excluding hydrogens is 234 g/mol. The minimum Gasteiger partial charge on any atom is -0.329 e. The highest BCUT2D eigenvalue weighted by atomic mass is 15.2. The zero-order valence-corrected chi connectivity index (χ0v) is 13.2. The monoisotopic (exact) mass is 269 g/mol. The van der Waals surface area contributed by atoms with Crippen molar-refractivity contribution in [2.45, 2.75) is 64.3 Å². The van der Waals surface area contributed by atoms with Gasteiger partial charge in [-0.3, -0.25) is 0 Å². The molecule has 0 aliphatic carbocycles. The van der Waals surface area contributed by atoms with E-state index in [1.54, 1.807) is 0 Å². The number of unbranched alkanes of at least 4 members (excludes halogenated alkanes) is 4. The van der Waals surface area contributed by atoms with Gasteiger partial charge in [0.25, 0.3) is 0 Å². The number of hydrogen-bond acceptors (Lipinski definition) is 3. The third-order valence-electron chi connectivity index (χ3n) is 4.50. The van der Waals surface area contributed by atoms with E-state index in [0.717, 1.165) is 6.54 Å². The first-order valence-electron chi connectivity index (χ1n) is 8.40. The number of rotatable bonds is 11. The lowest BCUT2D eigenvalue weighted by Crippen LogP contribution is -2.41. The van der Waals surface area contributed by atoms with Crippen molar-refractivity contribution in [3.8, 4) is 0 Å². The van der Waals surface area contributed by atoms with Gasteiger partial charge in [0.15, 0.2) is 0 Å². The fourth-order valence-corrected chi connectivity index (χ4v) is 2.99. The summed E-state index contributed by atoms with van der Waals surface area (Å²) < 4.78 is 0. The molecule has 114 valence electrons. The van der Waals surface area contributed by atoms with Crippen LogP contribution < -0.4 is 5.73 Å². The molecule has 1 rings (SSSR count). The number of likely N-dealkylation sites (tertiary alicyclic amines) is 1. The molecule has 1 atom stereocenters. The molecule has 3 heteroatoms. The third-order valence-corrected chi connectivity index (χ3v) is 4.50. The highest BCUT2D eigenvalue weighted by Gasteiger charge is 2.15. The predicted molar refractivity (Wildman–Crippen MR) is 84.5 cm³/mol. The highest BCUT2D eigenvalue weighted by molar-refractivity contribution is 4.73. The average Bonchev–Trinajstić information content (AvgIpc) is 2.93. The number of likely N-dealkylation sites (N-methyl/N-ethyl adjacent to an activating group) is 1. The number of nitrogens with zero attached hydrogens (tertiary/aromatic N) is 2. The standard InChI is InChI=1S/C16H35N3/c1-3-4-5-6-7-10-16(15-17)18(2)13-14-19-11-8-9-12-19/h16H,3-15,17H2,1-2H3. The second-order valence-electron chi connectivity index (χ2n) is 6.12. The summed E-state index contributed by atoms with van der Waals surface area (Å²) in [4.78, 5) is 5.07. The fourth-order valence-electron chi connectivity index (χ4n) is 2.99. The van der Waals surface area contributed by atoms with Crippen molar-refractivity contribution < 1.29 is 0 Å². The van der Waals surface area contributed by atoms with Crippen LogP contribution in [0.1, 0.15) is 58.3 Å². The van der Waals surface area contributed by atoms with E-state index in [4.69, 9.17) is 5.73 Å². The fraction of sp³-hybridized carbons (Fsp3) is 1.00. The molecule has 1 aliphatic heterocycles. The van der Waals surface area contributed by atoms with Crippen molar-refractivity contribution in [3.05, 3.63) is 0 Å². The second kappa shape index (κ2) is 10.6. The molecule has 0 aromatic rings. The van der Waals surface area contributed by atoms with Crippen molar-refractivity contribution in [2.24, 2.45) is 5.73 Å². The Balaban J connectivity index is 2.09. The molecule has 0 spiro atoms. The summed E-state index contributed by atoms with van der Waals surface area (Å²) in [6.07, 6.45) is 10.9. The molecule has 1 aliphatic rings. The van der Waals surface area contributed by atoms with E-state index in [9.17, 15) is 0 Å². The maximum atomic E-state index is 5.94. The summed E-state index contributed by atoms with van der Waals surface area (Å²) in [6.45, 7) is 8.09. The molecular formula is C16H35N3. The van der Waals surface area contributed by atoms with Gasteiger partial charge in [0, 0.05) is 25.7 Å². The van der Waals surface area contributed by atoms with Crippen LogP contribution in [0.25, 0.3) is 0 Å². The first-order valence-corrected chi connectivity index (χ1v) is 8.40. The Hall–Kier alpha value is -0.120. The predicted octanol–water partition coefficient (Wildman–Crippen LogP) is 2.70. The number of hydrogen-bond donors (Lipinski definition) is 1. The van der Waals surface area contributed by atoms with Crippen molar-refractivity contribution >= 4 is 0 Å². The first-order chi connectivity index (χ1) is 9.27. The van der Waals surface area contributed by atoms with Crippen LogP contribution in [0.15, 0.2) is 0 Å². The lowest BCUT2D eigenvalue weighted by molar-refractivity contribution is 0.197. The Morgan fingerprint density at radius 2 is 1.79 bits per heavy atom. The Kier molecular flexibility index (Phi) is 9.48. The van der Waals surface area contributed by atoms with Crippen molar-refractivity contribution in [1.82, 2.24) is 9.80 Å². The minimum atomic E-state index is 0.587. The van der Waals surface area contributed by atoms with E-state index in [-0.39, 0.29) is 0 Å². The van der Waals surface area contributed by atoms with Crippen LogP contribution in [0.3, 0.4) is 0 Å². The smallest absolute Gasteiger partial charge is 0.0215 e. The van der Waals surface area contributed by atoms with E-state index in [1.165, 1.54) is 77.5 Å². The van der Waals surface area contributed by atoms with Crippen LogP contribution in [0.5, 0.6) is 0 Å². The Morgan fingerprint density at radius 3 is 2.42 bits per heavy atom. The summed E-state index contributed by atoms with van der Waals surface area (Å²) in [7, 11) is 2.25. The zero-order valence-electron chi connectivity index (χ0n) is 13.2. The van der Waals surface area contributed by atoms with Crippen LogP contribution in [-0.4, -0.2) is 55.6 Å². The Morgan fingerprint density at radius 1 is 1.11 bits per heavy atom. The molecule has 0 saturated carbocycles. The van der Waals surface area contributed by atoms with Gasteiger partial charge in [-0.1, -0.05) is 39.0 Å². The molecule has 1 heterocycles. The van der Waals surface area contributed by atoms with Gasteiger partial charge in [0.05, 0.1) is 0 Å². The molecule has 3 nitrogen and oxygen atoms in total. The zero-order chi connectivity index (χ0) is 13.9. The van der Waals surface area contributed by atoms with Crippen LogP contribution in [-0.2, 0) is 0 Å². The number of nitrogens with two attached hydrogens (primary N) is 1. The van der Waals surface area contributed by atoms with E-state index >= 15 is 0 Å². The van der Waals surface area contributed by atoms with Gasteiger partial charge in [-0.2, -0.15) is 0 Å². The third kappa shape index (κ3) is 7.28. The van der Waals surface area contributed by atoms with Crippen molar-refractivity contribution in [2.75, 3.05) is 39.8 Å². The lowest BCUT2D eigenvalue weighted by atomic mass is 10.1. The molecule has 1 fully saturated rings. The van der Waals surface area contributed by atoms with Gasteiger partial charge in [-0.05, 0) is 39.4 Å². The minimum absolute atomic E-state index is 0.587. The SMILES string of the molecule is CCCCCCCC(CN)N(C)CCN1CCCC1. The van der Waals surface area contributed by atoms with Gasteiger partial charge >= 0.3 is 0 Å². The van der Waals surface area contributed by atoms with Crippen molar-refractivity contribution in [1.29, 1.82) is 0 Å². The van der Waals surface area contributed by atoms with Gasteiger partial charge in [0.1, 0.15) is 0 Å². The summed E-state index contributed by atoms with van der Waals surface area (Å²) in [5.74, 6) is 0. The Bertz CT molecular complexity index is 202. The van der Waals surface area contributed by atoms with Crippen LogP contribution >= 0.6 is 0 Å². The average molecular weight is 269 g/mol. The van der Waals surface area contributed by atoms with E-state index in [1.807, 2.05) is 0 Å². The van der Waals surface area contributed by atoms with Crippen LogP contribution in [0.2, 0.25) is 0 Å². The maximum Gasteiger partial charge on any atom is 0.0215 e. The molecule has 0 aromatic heterocycles. The van der Waals surface area contributed by atoms with Crippen molar-refractivity contribution in [3.63, 3.8) is 0 Å².